The Bertz CT molecular complexity index is 857. The molecule has 2 N–H and O–H groups in total. The van der Waals surface area contributed by atoms with E-state index >= 15 is 0 Å². The van der Waals surface area contributed by atoms with E-state index in [1.54, 1.807) is 18.3 Å². The smallest absolute Gasteiger partial charge is 0.392 e. The summed E-state index contributed by atoms with van der Waals surface area (Å²) < 4.78 is 41.8. The summed E-state index contributed by atoms with van der Waals surface area (Å²) in [5, 5.41) is 12.8. The summed E-state index contributed by atoms with van der Waals surface area (Å²) in [5.74, 6) is 0. The van der Waals surface area contributed by atoms with Crippen molar-refractivity contribution in [1.82, 2.24) is 9.88 Å². The molecule has 0 unspecified atom stereocenters. The predicted molar refractivity (Wildman–Crippen MR) is 93.7 cm³/mol. The van der Waals surface area contributed by atoms with Crippen LogP contribution in [0.15, 0.2) is 66.9 Å². The van der Waals surface area contributed by atoms with Gasteiger partial charge in [-0.1, -0.05) is 42.5 Å². The Balaban J connectivity index is 1.89. The van der Waals surface area contributed by atoms with Crippen LogP contribution in [-0.2, 0) is 25.9 Å². The Hall–Kier alpha value is -2.57. The van der Waals surface area contributed by atoms with Crippen molar-refractivity contribution in [2.75, 3.05) is 0 Å². The lowest BCUT2D eigenvalue weighted by molar-refractivity contribution is -0.137. The van der Waals surface area contributed by atoms with Gasteiger partial charge in [0.25, 0.3) is 0 Å². The van der Waals surface area contributed by atoms with E-state index < -0.39 is 18.3 Å². The second-order valence-electron chi connectivity index (χ2n) is 5.93. The van der Waals surface area contributed by atoms with Crippen molar-refractivity contribution in [3.8, 4) is 5.69 Å². The minimum atomic E-state index is -4.50. The second kappa shape index (κ2) is 7.76. The number of alkyl halides is 3. The zero-order chi connectivity index (χ0) is 18.6. The zero-order valence-corrected chi connectivity index (χ0v) is 14.0. The number of nitrogens with one attached hydrogen (secondary N) is 1. The molecule has 0 aliphatic carbocycles. The summed E-state index contributed by atoms with van der Waals surface area (Å²) in [5.41, 5.74) is 1.23. The fraction of sp³-hybridized carbons (Fsp3) is 0.200. The first-order valence-corrected chi connectivity index (χ1v) is 8.22. The minimum absolute atomic E-state index is 0.0241. The van der Waals surface area contributed by atoms with Crippen molar-refractivity contribution < 1.29 is 18.3 Å². The molecule has 0 bridgehead atoms. The van der Waals surface area contributed by atoms with Crippen LogP contribution in [0.1, 0.15) is 22.4 Å². The van der Waals surface area contributed by atoms with Gasteiger partial charge in [0.2, 0.25) is 0 Å². The highest BCUT2D eigenvalue weighted by Gasteiger charge is 2.35. The number of hydrogen-bond donors (Lipinski definition) is 2. The number of nitrogens with zero attached hydrogens (tertiary/aromatic N) is 1. The van der Waals surface area contributed by atoms with Crippen LogP contribution in [0.5, 0.6) is 0 Å². The van der Waals surface area contributed by atoms with Crippen molar-refractivity contribution >= 4 is 0 Å². The predicted octanol–water partition coefficient (Wildman–Crippen LogP) is 4.28. The number of benzene rings is 2. The topological polar surface area (TPSA) is 37.2 Å². The Morgan fingerprint density at radius 1 is 0.885 bits per heavy atom. The van der Waals surface area contributed by atoms with Gasteiger partial charge in [-0.15, -0.1) is 0 Å². The fourth-order valence-corrected chi connectivity index (χ4v) is 2.94. The van der Waals surface area contributed by atoms with Gasteiger partial charge in [0.15, 0.2) is 0 Å². The molecule has 1 aromatic heterocycles. The number of para-hydroxylation sites is 1. The van der Waals surface area contributed by atoms with E-state index in [4.69, 9.17) is 0 Å². The standard InChI is InChI=1S/C20H19F3N2O/c21-20(22,23)18-10-4-8-16(14-26)19(18)25-11-5-9-17(25)13-24-12-15-6-2-1-3-7-15/h1-11,24,26H,12-14H2. The molecule has 0 fully saturated rings. The van der Waals surface area contributed by atoms with Gasteiger partial charge in [-0.3, -0.25) is 0 Å². The third kappa shape index (κ3) is 3.98. The maximum absolute atomic E-state index is 13.5. The number of aromatic nitrogens is 1. The van der Waals surface area contributed by atoms with Gasteiger partial charge in [-0.25, -0.2) is 0 Å². The van der Waals surface area contributed by atoms with E-state index in [2.05, 4.69) is 5.32 Å². The molecule has 0 saturated heterocycles. The van der Waals surface area contributed by atoms with Crippen LogP contribution in [0.25, 0.3) is 5.69 Å². The van der Waals surface area contributed by atoms with E-state index in [1.165, 1.54) is 16.7 Å². The van der Waals surface area contributed by atoms with Crippen molar-refractivity contribution in [3.05, 3.63) is 89.2 Å². The minimum Gasteiger partial charge on any atom is -0.392 e. The average Bonchev–Trinajstić information content (AvgIpc) is 3.09. The lowest BCUT2D eigenvalue weighted by Crippen LogP contribution is -2.18. The number of aliphatic hydroxyl groups excluding tert-OH is 1. The summed E-state index contributed by atoms with van der Waals surface area (Å²) in [4.78, 5) is 0. The summed E-state index contributed by atoms with van der Waals surface area (Å²) in [7, 11) is 0. The van der Waals surface area contributed by atoms with Gasteiger partial charge >= 0.3 is 6.18 Å². The SMILES string of the molecule is OCc1cccc(C(F)(F)F)c1-n1cccc1CNCc1ccccc1. The summed E-state index contributed by atoms with van der Waals surface area (Å²) >= 11 is 0. The molecule has 3 aromatic rings. The lowest BCUT2D eigenvalue weighted by atomic mass is 10.1. The molecule has 3 nitrogen and oxygen atoms in total. The molecule has 0 radical (unpaired) electrons. The van der Waals surface area contributed by atoms with Gasteiger partial charge < -0.3 is 15.0 Å². The highest BCUT2D eigenvalue weighted by Crippen LogP contribution is 2.36. The van der Waals surface area contributed by atoms with E-state index in [1.807, 2.05) is 30.3 Å². The monoisotopic (exact) mass is 360 g/mol. The fourth-order valence-electron chi connectivity index (χ4n) is 2.94. The Morgan fingerprint density at radius 2 is 1.65 bits per heavy atom. The van der Waals surface area contributed by atoms with Crippen LogP contribution in [0.4, 0.5) is 13.2 Å². The molecule has 6 heteroatoms. The zero-order valence-electron chi connectivity index (χ0n) is 14.0. The molecule has 0 spiro atoms. The quantitative estimate of drug-likeness (QED) is 0.689. The van der Waals surface area contributed by atoms with Crippen LogP contribution in [-0.4, -0.2) is 9.67 Å². The summed E-state index contributed by atoms with van der Waals surface area (Å²) in [6, 6.07) is 17.1. The molecule has 0 amide bonds. The van der Waals surface area contributed by atoms with Crippen LogP contribution in [0.3, 0.4) is 0 Å². The van der Waals surface area contributed by atoms with E-state index in [9.17, 15) is 18.3 Å². The van der Waals surface area contributed by atoms with Crippen molar-refractivity contribution in [2.24, 2.45) is 0 Å². The van der Waals surface area contributed by atoms with Crippen LogP contribution in [0, 0.1) is 0 Å². The molecule has 0 aliphatic heterocycles. The third-order valence-electron chi connectivity index (χ3n) is 4.15. The largest absolute Gasteiger partial charge is 0.418 e. The molecule has 0 aliphatic rings. The molecule has 1 heterocycles. The van der Waals surface area contributed by atoms with Crippen LogP contribution in [0.2, 0.25) is 0 Å². The molecule has 2 aromatic carbocycles. The van der Waals surface area contributed by atoms with Crippen molar-refractivity contribution in [3.63, 3.8) is 0 Å². The first-order valence-electron chi connectivity index (χ1n) is 8.22. The summed E-state index contributed by atoms with van der Waals surface area (Å²) in [6.07, 6.45) is -2.91. The number of halogens is 3. The normalized spacial score (nSPS) is 11.7. The van der Waals surface area contributed by atoms with Gasteiger partial charge in [0.05, 0.1) is 17.9 Å². The van der Waals surface area contributed by atoms with E-state index in [-0.39, 0.29) is 11.3 Å². The third-order valence-corrected chi connectivity index (χ3v) is 4.15. The Kier molecular flexibility index (Phi) is 5.44. The van der Waals surface area contributed by atoms with E-state index in [0.29, 0.717) is 18.8 Å². The van der Waals surface area contributed by atoms with Gasteiger partial charge in [0, 0.05) is 30.5 Å². The molecule has 0 saturated carbocycles. The highest BCUT2D eigenvalue weighted by atomic mass is 19.4. The molecule has 3 rings (SSSR count). The lowest BCUT2D eigenvalue weighted by Gasteiger charge is -2.19. The number of hydrogen-bond acceptors (Lipinski definition) is 2. The maximum Gasteiger partial charge on any atom is 0.418 e. The molecule has 0 atom stereocenters. The van der Waals surface area contributed by atoms with Crippen LogP contribution < -0.4 is 5.32 Å². The van der Waals surface area contributed by atoms with Gasteiger partial charge in [-0.05, 0) is 23.8 Å². The molecular formula is C20H19F3N2O. The first kappa shape index (κ1) is 18.2. The average molecular weight is 360 g/mol. The van der Waals surface area contributed by atoms with E-state index in [0.717, 1.165) is 11.6 Å². The molecular weight excluding hydrogens is 341 g/mol. The highest BCUT2D eigenvalue weighted by molar-refractivity contribution is 5.51. The Morgan fingerprint density at radius 3 is 2.35 bits per heavy atom. The van der Waals surface area contributed by atoms with Gasteiger partial charge in [-0.2, -0.15) is 13.2 Å². The van der Waals surface area contributed by atoms with Gasteiger partial charge in [0.1, 0.15) is 0 Å². The maximum atomic E-state index is 13.5. The van der Waals surface area contributed by atoms with Crippen LogP contribution >= 0.6 is 0 Å². The van der Waals surface area contributed by atoms with Crippen molar-refractivity contribution in [1.29, 1.82) is 0 Å². The first-order chi connectivity index (χ1) is 12.5. The molecule has 26 heavy (non-hydrogen) atoms. The number of rotatable bonds is 6. The number of aliphatic hydroxyl groups is 1. The second-order valence-corrected chi connectivity index (χ2v) is 5.93. The summed E-state index contributed by atoms with van der Waals surface area (Å²) in [6.45, 7) is 0.549. The molecule has 136 valence electrons. The Labute approximate surface area is 149 Å². The van der Waals surface area contributed by atoms with Crippen molar-refractivity contribution in [2.45, 2.75) is 25.9 Å².